The predicted octanol–water partition coefficient (Wildman–Crippen LogP) is 0.656. The van der Waals surface area contributed by atoms with Crippen LogP contribution in [0.3, 0.4) is 0 Å². The Morgan fingerprint density at radius 2 is 2.17 bits per heavy atom. The maximum absolute atomic E-state index is 11.9. The van der Waals surface area contributed by atoms with Crippen molar-refractivity contribution in [3.63, 3.8) is 0 Å². The van der Waals surface area contributed by atoms with Gasteiger partial charge in [0.2, 0.25) is 5.91 Å². The van der Waals surface area contributed by atoms with Crippen LogP contribution in [0.4, 0.5) is 0 Å². The third kappa shape index (κ3) is 3.87. The molecule has 18 heavy (non-hydrogen) atoms. The van der Waals surface area contributed by atoms with Crippen LogP contribution in [0.15, 0.2) is 12.5 Å². The van der Waals surface area contributed by atoms with Gasteiger partial charge in [0.15, 0.2) is 0 Å². The van der Waals surface area contributed by atoms with Crippen molar-refractivity contribution in [3.8, 4) is 0 Å². The highest BCUT2D eigenvalue weighted by Crippen LogP contribution is 2.13. The van der Waals surface area contributed by atoms with Gasteiger partial charge in [-0.25, -0.2) is 9.78 Å². The zero-order valence-corrected chi connectivity index (χ0v) is 11.1. The van der Waals surface area contributed by atoms with E-state index in [1.807, 2.05) is 0 Å². The second-order valence-corrected chi connectivity index (χ2v) is 5.08. The molecule has 0 bridgehead atoms. The van der Waals surface area contributed by atoms with Crippen LogP contribution >= 0.6 is 0 Å². The van der Waals surface area contributed by atoms with Gasteiger partial charge in [0.25, 0.3) is 0 Å². The lowest BCUT2D eigenvalue weighted by atomic mass is 9.95. The summed E-state index contributed by atoms with van der Waals surface area (Å²) in [6.07, 6.45) is 3.46. The zero-order valence-electron chi connectivity index (χ0n) is 11.1. The van der Waals surface area contributed by atoms with Crippen molar-refractivity contribution >= 4 is 11.9 Å². The number of esters is 1. The van der Waals surface area contributed by atoms with Gasteiger partial charge in [-0.15, -0.1) is 0 Å². The molecule has 0 aliphatic carbocycles. The summed E-state index contributed by atoms with van der Waals surface area (Å²) in [5.74, 6) is -0.667. The third-order valence-electron chi connectivity index (χ3n) is 2.45. The normalized spacial score (nSPS) is 12.9. The minimum Gasteiger partial charge on any atom is -0.467 e. The Kier molecular flexibility index (Phi) is 4.47. The van der Waals surface area contributed by atoms with Crippen LogP contribution in [-0.2, 0) is 20.7 Å². The molecule has 0 spiro atoms. The Labute approximate surface area is 106 Å². The number of ether oxygens (including phenoxy) is 1. The molecular weight excluding hydrogens is 234 g/mol. The van der Waals surface area contributed by atoms with E-state index >= 15 is 0 Å². The molecule has 1 rings (SSSR count). The lowest BCUT2D eigenvalue weighted by Gasteiger charge is -2.22. The summed E-state index contributed by atoms with van der Waals surface area (Å²) in [5, 5.41) is 2.68. The first-order valence-electron chi connectivity index (χ1n) is 5.70. The van der Waals surface area contributed by atoms with Crippen LogP contribution in [0.5, 0.6) is 0 Å². The summed E-state index contributed by atoms with van der Waals surface area (Å²) >= 11 is 0. The molecule has 2 N–H and O–H groups in total. The van der Waals surface area contributed by atoms with Crippen LogP contribution in [0.25, 0.3) is 0 Å². The summed E-state index contributed by atoms with van der Waals surface area (Å²) in [6, 6.07) is -0.706. The van der Waals surface area contributed by atoms with Crippen molar-refractivity contribution in [2.75, 3.05) is 7.11 Å². The predicted molar refractivity (Wildman–Crippen MR) is 65.7 cm³/mol. The van der Waals surface area contributed by atoms with Gasteiger partial charge in [-0.3, -0.25) is 4.79 Å². The summed E-state index contributed by atoms with van der Waals surface area (Å²) in [4.78, 5) is 30.3. The number of imidazole rings is 1. The standard InChI is InChI=1S/C12H19N3O3/c1-12(2,3)11(17)15-9(10(16)18-4)5-8-6-13-7-14-8/h6-7,9H,5H2,1-4H3,(H,13,14)(H,15,17). The zero-order chi connectivity index (χ0) is 13.8. The Morgan fingerprint density at radius 3 is 2.61 bits per heavy atom. The average Bonchev–Trinajstić information content (AvgIpc) is 2.78. The Bertz CT molecular complexity index is 407. The van der Waals surface area contributed by atoms with Gasteiger partial charge in [0.05, 0.1) is 13.4 Å². The van der Waals surface area contributed by atoms with Gasteiger partial charge < -0.3 is 15.0 Å². The highest BCUT2D eigenvalue weighted by atomic mass is 16.5. The monoisotopic (exact) mass is 253 g/mol. The molecule has 1 unspecified atom stereocenters. The number of methoxy groups -OCH3 is 1. The molecule has 0 aliphatic rings. The SMILES string of the molecule is COC(=O)C(Cc1cnc[nH]1)NC(=O)C(C)(C)C. The number of hydrogen-bond donors (Lipinski definition) is 2. The fourth-order valence-electron chi connectivity index (χ4n) is 1.33. The lowest BCUT2D eigenvalue weighted by Crippen LogP contribution is -2.47. The van der Waals surface area contributed by atoms with Crippen LogP contribution < -0.4 is 5.32 Å². The van der Waals surface area contributed by atoms with Crippen molar-refractivity contribution in [3.05, 3.63) is 18.2 Å². The van der Waals surface area contributed by atoms with E-state index < -0.39 is 17.4 Å². The number of amides is 1. The third-order valence-corrected chi connectivity index (χ3v) is 2.45. The topological polar surface area (TPSA) is 84.1 Å². The molecule has 1 amide bonds. The number of rotatable bonds is 4. The fourth-order valence-corrected chi connectivity index (χ4v) is 1.33. The lowest BCUT2D eigenvalue weighted by molar-refractivity contribution is -0.146. The van der Waals surface area contributed by atoms with Crippen LogP contribution in [0, 0.1) is 5.41 Å². The van der Waals surface area contributed by atoms with Crippen molar-refractivity contribution in [1.29, 1.82) is 0 Å². The number of H-pyrrole nitrogens is 1. The van der Waals surface area contributed by atoms with Crippen LogP contribution in [0.2, 0.25) is 0 Å². The Balaban J connectivity index is 2.74. The molecule has 0 saturated heterocycles. The second-order valence-electron chi connectivity index (χ2n) is 5.08. The highest BCUT2D eigenvalue weighted by Gasteiger charge is 2.28. The molecule has 0 fully saturated rings. The largest absolute Gasteiger partial charge is 0.467 e. The average molecular weight is 253 g/mol. The van der Waals surface area contributed by atoms with Gasteiger partial charge in [0.1, 0.15) is 6.04 Å². The van der Waals surface area contributed by atoms with Gasteiger partial charge in [-0.05, 0) is 0 Å². The van der Waals surface area contributed by atoms with Gasteiger partial charge in [0, 0.05) is 23.7 Å². The first kappa shape index (κ1) is 14.2. The fraction of sp³-hybridized carbons (Fsp3) is 0.583. The molecule has 1 heterocycles. The Hall–Kier alpha value is -1.85. The van der Waals surface area contributed by atoms with E-state index in [1.165, 1.54) is 13.4 Å². The summed E-state index contributed by atoms with van der Waals surface area (Å²) in [6.45, 7) is 5.35. The summed E-state index contributed by atoms with van der Waals surface area (Å²) in [7, 11) is 1.30. The van der Waals surface area contributed by atoms with Crippen LogP contribution in [-0.4, -0.2) is 35.0 Å². The molecule has 0 radical (unpaired) electrons. The highest BCUT2D eigenvalue weighted by molar-refractivity contribution is 5.87. The molecule has 0 aliphatic heterocycles. The first-order valence-corrected chi connectivity index (χ1v) is 5.70. The molecular formula is C12H19N3O3. The van der Waals surface area contributed by atoms with Gasteiger partial charge in [-0.2, -0.15) is 0 Å². The summed E-state index contributed by atoms with van der Waals surface area (Å²) in [5.41, 5.74) is 0.208. The number of hydrogen-bond acceptors (Lipinski definition) is 4. The van der Waals surface area contributed by atoms with Gasteiger partial charge >= 0.3 is 5.97 Å². The smallest absolute Gasteiger partial charge is 0.328 e. The molecule has 6 nitrogen and oxygen atoms in total. The maximum Gasteiger partial charge on any atom is 0.328 e. The molecule has 0 saturated carbocycles. The minimum absolute atomic E-state index is 0.197. The number of nitrogens with one attached hydrogen (secondary N) is 2. The molecule has 100 valence electrons. The number of carbonyl (C=O) groups is 2. The molecule has 6 heteroatoms. The molecule has 1 aromatic heterocycles. The van der Waals surface area contributed by atoms with E-state index in [-0.39, 0.29) is 5.91 Å². The van der Waals surface area contributed by atoms with Crippen molar-refractivity contribution < 1.29 is 14.3 Å². The van der Waals surface area contributed by atoms with E-state index in [0.717, 1.165) is 5.69 Å². The molecule has 0 aromatic carbocycles. The van der Waals surface area contributed by atoms with E-state index in [2.05, 4.69) is 20.0 Å². The minimum atomic E-state index is -0.706. The van der Waals surface area contributed by atoms with Crippen molar-refractivity contribution in [1.82, 2.24) is 15.3 Å². The number of aromatic amines is 1. The molecule has 1 atom stereocenters. The number of nitrogens with zero attached hydrogens (tertiary/aromatic N) is 1. The summed E-state index contributed by atoms with van der Waals surface area (Å²) < 4.78 is 4.69. The first-order chi connectivity index (χ1) is 8.34. The van der Waals surface area contributed by atoms with E-state index in [9.17, 15) is 9.59 Å². The van der Waals surface area contributed by atoms with Crippen molar-refractivity contribution in [2.45, 2.75) is 33.2 Å². The van der Waals surface area contributed by atoms with Crippen LogP contribution in [0.1, 0.15) is 26.5 Å². The number of aromatic nitrogens is 2. The quantitative estimate of drug-likeness (QED) is 0.772. The van der Waals surface area contributed by atoms with E-state index in [1.54, 1.807) is 27.0 Å². The van der Waals surface area contributed by atoms with Crippen molar-refractivity contribution in [2.24, 2.45) is 5.41 Å². The van der Waals surface area contributed by atoms with E-state index in [4.69, 9.17) is 0 Å². The van der Waals surface area contributed by atoms with E-state index in [0.29, 0.717) is 6.42 Å². The Morgan fingerprint density at radius 1 is 1.50 bits per heavy atom. The maximum atomic E-state index is 11.9. The molecule has 1 aromatic rings. The second kappa shape index (κ2) is 5.66. The number of carbonyl (C=O) groups excluding carboxylic acids is 2. The van der Waals surface area contributed by atoms with Gasteiger partial charge in [-0.1, -0.05) is 20.8 Å².